The molecule has 0 aliphatic heterocycles. The third-order valence-corrected chi connectivity index (χ3v) is 1.54. The summed E-state index contributed by atoms with van der Waals surface area (Å²) in [6.07, 6.45) is 2.01. The number of hydrogen-bond acceptors (Lipinski definition) is 3. The molecule has 0 aromatic carbocycles. The molecule has 0 unspecified atom stereocenters. The summed E-state index contributed by atoms with van der Waals surface area (Å²) in [5, 5.41) is -0.747. The molecule has 0 rings (SSSR count). The van der Waals surface area contributed by atoms with Gasteiger partial charge >= 0.3 is 0 Å². The van der Waals surface area contributed by atoms with E-state index in [0.717, 1.165) is 25.9 Å². The number of carbonyl (C=O) groups excluding carboxylic acids is 2. The Labute approximate surface area is 102 Å². The van der Waals surface area contributed by atoms with Gasteiger partial charge in [-0.2, -0.15) is 0 Å². The van der Waals surface area contributed by atoms with Gasteiger partial charge < -0.3 is 16.8 Å². The Morgan fingerprint density at radius 1 is 1.13 bits per heavy atom. The van der Waals surface area contributed by atoms with Crippen molar-refractivity contribution in [2.45, 2.75) is 26.7 Å². The van der Waals surface area contributed by atoms with Crippen LogP contribution in [0.2, 0.25) is 0 Å². The molecule has 0 atom stereocenters. The van der Waals surface area contributed by atoms with E-state index in [4.69, 9.17) is 4.79 Å². The second-order valence-corrected chi connectivity index (χ2v) is 3.43. The number of thiol groups is 2. The lowest BCUT2D eigenvalue weighted by atomic mass is 10.4. The van der Waals surface area contributed by atoms with Gasteiger partial charge in [-0.1, -0.05) is 39.1 Å². The van der Waals surface area contributed by atoms with Crippen LogP contribution in [0.4, 0.5) is 9.59 Å². The maximum absolute atomic E-state index is 10.7. The van der Waals surface area contributed by atoms with Crippen molar-refractivity contribution in [2.24, 2.45) is 5.73 Å². The normalized spacial score (nSPS) is 8.00. The molecule has 5 nitrogen and oxygen atoms in total. The highest BCUT2D eigenvalue weighted by atomic mass is 32.1. The van der Waals surface area contributed by atoms with Crippen LogP contribution in [0.3, 0.4) is 0 Å². The van der Waals surface area contributed by atoms with Gasteiger partial charge in [0.1, 0.15) is 0 Å². The molecule has 0 aromatic rings. The van der Waals surface area contributed by atoms with E-state index < -0.39 is 5.24 Å². The Balaban J connectivity index is -0.000000249. The first kappa shape index (κ1) is 20.1. The van der Waals surface area contributed by atoms with Crippen molar-refractivity contribution in [1.82, 2.24) is 11.1 Å². The summed E-state index contributed by atoms with van der Waals surface area (Å²) in [4.78, 5) is 21.6. The minimum atomic E-state index is -0.639. The van der Waals surface area contributed by atoms with E-state index in [1.807, 2.05) is 0 Å². The van der Waals surface area contributed by atoms with Crippen molar-refractivity contribution in [3.8, 4) is 0 Å². The molecule has 92 valence electrons. The molecule has 0 fully saturated rings. The minimum Gasteiger partial charge on any atom is -0.361 e. The van der Waals surface area contributed by atoms with Gasteiger partial charge in [0.2, 0.25) is 0 Å². The number of primary amides is 1. The topological polar surface area (TPSA) is 98.4 Å². The predicted molar refractivity (Wildman–Crippen MR) is 70.1 cm³/mol. The summed E-state index contributed by atoms with van der Waals surface area (Å²) in [5.74, 6) is 0. The fourth-order valence-corrected chi connectivity index (χ4v) is 1.04. The second kappa shape index (κ2) is 13.6. The van der Waals surface area contributed by atoms with Crippen LogP contribution < -0.4 is 11.9 Å². The second-order valence-electron chi connectivity index (χ2n) is 2.61. The molecule has 0 saturated carbocycles. The van der Waals surface area contributed by atoms with Crippen LogP contribution in [-0.4, -0.2) is 28.5 Å². The summed E-state index contributed by atoms with van der Waals surface area (Å²) in [7, 11) is 0. The summed E-state index contributed by atoms with van der Waals surface area (Å²) < 4.78 is 0. The van der Waals surface area contributed by atoms with Crippen LogP contribution in [-0.2, 0) is 0 Å². The van der Waals surface area contributed by atoms with Gasteiger partial charge in [-0.05, 0) is 12.8 Å². The first-order valence-electron chi connectivity index (χ1n) is 4.41. The summed E-state index contributed by atoms with van der Waals surface area (Å²) in [6.45, 7) is 5.77. The molecule has 0 spiro atoms. The molecule has 0 bridgehead atoms. The van der Waals surface area contributed by atoms with Crippen molar-refractivity contribution >= 4 is 35.7 Å². The number of hydrogen-bond donors (Lipinski definition) is 4. The Morgan fingerprint density at radius 3 is 1.53 bits per heavy atom. The van der Waals surface area contributed by atoms with Gasteiger partial charge in [0.15, 0.2) is 0 Å². The van der Waals surface area contributed by atoms with Crippen LogP contribution in [0, 0.1) is 0 Å². The number of nitrogens with zero attached hydrogens (tertiary/aromatic N) is 1. The molecule has 0 saturated heterocycles. The zero-order valence-corrected chi connectivity index (χ0v) is 11.1. The van der Waals surface area contributed by atoms with E-state index in [1.54, 1.807) is 4.90 Å². The zero-order chi connectivity index (χ0) is 11.6. The standard InChI is InChI=1S/C7H15NOS.CH3NOS.H3N/c1-3-5-8(6-4-2)7(9)10;2-1(3)4;/h3-6H2,1-2H3,(H,9,10);(H3,2,3,4);1H3. The van der Waals surface area contributed by atoms with Crippen LogP contribution in [0.15, 0.2) is 0 Å². The SMILES string of the molecule is CCCN(CCC)C(=O)S.N.NC(=O)S. The van der Waals surface area contributed by atoms with Crippen molar-refractivity contribution in [3.63, 3.8) is 0 Å². The van der Waals surface area contributed by atoms with E-state index in [1.165, 1.54) is 0 Å². The number of carbonyl (C=O) groups is 2. The quantitative estimate of drug-likeness (QED) is 0.580. The van der Waals surface area contributed by atoms with Gasteiger partial charge in [0.05, 0.1) is 0 Å². The summed E-state index contributed by atoms with van der Waals surface area (Å²) in [5.41, 5.74) is 4.34. The minimum absolute atomic E-state index is 0. The molecule has 0 aromatic heterocycles. The molecule has 0 aliphatic rings. The van der Waals surface area contributed by atoms with Crippen molar-refractivity contribution < 1.29 is 9.59 Å². The zero-order valence-electron chi connectivity index (χ0n) is 9.27. The maximum atomic E-state index is 10.7. The van der Waals surface area contributed by atoms with Crippen LogP contribution in [0.5, 0.6) is 0 Å². The molecule has 0 heterocycles. The fourth-order valence-electron chi connectivity index (χ4n) is 0.843. The average molecular weight is 255 g/mol. The van der Waals surface area contributed by atoms with Crippen LogP contribution in [0.25, 0.3) is 0 Å². The average Bonchev–Trinajstić information content (AvgIpc) is 2.02. The number of nitrogens with two attached hydrogens (primary N) is 1. The lowest BCUT2D eigenvalue weighted by molar-refractivity contribution is 0.223. The Hall–Kier alpha value is -0.400. The Bertz CT molecular complexity index is 169. The smallest absolute Gasteiger partial charge is 0.278 e. The largest absolute Gasteiger partial charge is 0.361 e. The third kappa shape index (κ3) is 19.9. The number of rotatable bonds is 4. The van der Waals surface area contributed by atoms with Gasteiger partial charge in [0.25, 0.3) is 10.5 Å². The van der Waals surface area contributed by atoms with E-state index in [0.29, 0.717) is 0 Å². The summed E-state index contributed by atoms with van der Waals surface area (Å²) in [6, 6.07) is 0. The van der Waals surface area contributed by atoms with Crippen molar-refractivity contribution in [2.75, 3.05) is 13.1 Å². The Kier molecular flexibility index (Phi) is 18.2. The van der Waals surface area contributed by atoms with Gasteiger partial charge in [-0.25, -0.2) is 0 Å². The van der Waals surface area contributed by atoms with E-state index in [9.17, 15) is 4.79 Å². The predicted octanol–water partition coefficient (Wildman–Crippen LogP) is 2.32. The number of amides is 2. The lowest BCUT2D eigenvalue weighted by Gasteiger charge is -2.17. The molecule has 15 heavy (non-hydrogen) atoms. The van der Waals surface area contributed by atoms with Crippen LogP contribution >= 0.6 is 25.3 Å². The van der Waals surface area contributed by atoms with E-state index in [2.05, 4.69) is 44.8 Å². The highest BCUT2D eigenvalue weighted by Gasteiger charge is 2.04. The highest BCUT2D eigenvalue weighted by molar-refractivity contribution is 7.96. The maximum Gasteiger partial charge on any atom is 0.278 e. The Morgan fingerprint density at radius 2 is 1.40 bits per heavy atom. The molecule has 0 aliphatic carbocycles. The fraction of sp³-hybridized carbons (Fsp3) is 0.750. The van der Waals surface area contributed by atoms with Crippen molar-refractivity contribution in [1.29, 1.82) is 0 Å². The van der Waals surface area contributed by atoms with Crippen LogP contribution in [0.1, 0.15) is 26.7 Å². The highest BCUT2D eigenvalue weighted by Crippen LogP contribution is 1.98. The third-order valence-electron chi connectivity index (χ3n) is 1.26. The first-order chi connectivity index (χ1) is 6.45. The lowest BCUT2D eigenvalue weighted by Crippen LogP contribution is -2.27. The van der Waals surface area contributed by atoms with E-state index >= 15 is 0 Å². The molecular weight excluding hydrogens is 234 g/mol. The van der Waals surface area contributed by atoms with Gasteiger partial charge in [-0.3, -0.25) is 9.59 Å². The molecule has 0 radical (unpaired) electrons. The molecule has 5 N–H and O–H groups in total. The molecular formula is C8H21N3O2S2. The van der Waals surface area contributed by atoms with Gasteiger partial charge in [0, 0.05) is 13.1 Å². The van der Waals surface area contributed by atoms with Crippen molar-refractivity contribution in [3.05, 3.63) is 0 Å². The monoisotopic (exact) mass is 255 g/mol. The van der Waals surface area contributed by atoms with Gasteiger partial charge in [-0.15, -0.1) is 0 Å². The molecule has 7 heteroatoms. The van der Waals surface area contributed by atoms with E-state index in [-0.39, 0.29) is 11.4 Å². The first-order valence-corrected chi connectivity index (χ1v) is 5.31. The summed E-state index contributed by atoms with van der Waals surface area (Å²) >= 11 is 6.85. The molecule has 2 amide bonds.